The van der Waals surface area contributed by atoms with E-state index in [2.05, 4.69) is 17.6 Å². The predicted octanol–water partition coefficient (Wildman–Crippen LogP) is 1.54. The molecular formula is C14H24ClN3O3S2. The molecule has 0 unspecified atom stereocenters. The van der Waals surface area contributed by atoms with Crippen LogP contribution in [0.4, 0.5) is 0 Å². The van der Waals surface area contributed by atoms with Crippen LogP contribution in [0.15, 0.2) is 16.3 Å². The molecule has 6 nitrogen and oxygen atoms in total. The Hall–Kier alpha value is -0.670. The lowest BCUT2D eigenvalue weighted by Crippen LogP contribution is -2.37. The van der Waals surface area contributed by atoms with Crippen molar-refractivity contribution in [1.82, 2.24) is 14.9 Å². The van der Waals surface area contributed by atoms with Crippen LogP contribution < -0.4 is 10.6 Å². The molecule has 0 atom stereocenters. The van der Waals surface area contributed by atoms with Crippen molar-refractivity contribution >= 4 is 39.7 Å². The largest absolute Gasteiger partial charge is 0.350 e. The number of hydrogen-bond acceptors (Lipinski definition) is 5. The van der Waals surface area contributed by atoms with Gasteiger partial charge in [0.2, 0.25) is 0 Å². The molecular weight excluding hydrogens is 358 g/mol. The first-order chi connectivity index (χ1) is 10.4. The van der Waals surface area contributed by atoms with Gasteiger partial charge in [0.1, 0.15) is 4.21 Å². The van der Waals surface area contributed by atoms with Crippen molar-refractivity contribution < 1.29 is 13.2 Å². The van der Waals surface area contributed by atoms with Crippen molar-refractivity contribution in [2.24, 2.45) is 5.92 Å². The number of thiophene rings is 1. The Bertz CT molecular complexity index is 611. The third kappa shape index (κ3) is 5.15. The highest BCUT2D eigenvalue weighted by Gasteiger charge is 2.29. The molecule has 0 saturated carbocycles. The van der Waals surface area contributed by atoms with Crippen LogP contribution in [0.5, 0.6) is 0 Å². The Morgan fingerprint density at radius 1 is 1.30 bits per heavy atom. The van der Waals surface area contributed by atoms with Crippen LogP contribution in [-0.2, 0) is 10.0 Å². The lowest BCUT2D eigenvalue weighted by atomic mass is 10.0. The summed E-state index contributed by atoms with van der Waals surface area (Å²) in [6.07, 6.45) is 1.78. The summed E-state index contributed by atoms with van der Waals surface area (Å²) in [4.78, 5) is 12.4. The Balaban J connectivity index is 0.00000264. The summed E-state index contributed by atoms with van der Waals surface area (Å²) in [7, 11) is -1.66. The monoisotopic (exact) mass is 381 g/mol. The van der Waals surface area contributed by atoms with E-state index in [-0.39, 0.29) is 22.5 Å². The zero-order valence-electron chi connectivity index (χ0n) is 13.4. The minimum absolute atomic E-state index is 0. The zero-order chi connectivity index (χ0) is 16.2. The van der Waals surface area contributed by atoms with E-state index < -0.39 is 10.0 Å². The third-order valence-electron chi connectivity index (χ3n) is 3.80. The minimum Gasteiger partial charge on any atom is -0.350 e. The number of likely N-dealkylation sites (N-methyl/N-ethyl adjacent to an activating group) is 1. The third-order valence-corrected chi connectivity index (χ3v) is 7.25. The van der Waals surface area contributed by atoms with Crippen molar-refractivity contribution in [3.63, 3.8) is 0 Å². The summed E-state index contributed by atoms with van der Waals surface area (Å²) >= 11 is 1.04. The topological polar surface area (TPSA) is 78.5 Å². The van der Waals surface area contributed by atoms with Gasteiger partial charge in [-0.3, -0.25) is 4.79 Å². The van der Waals surface area contributed by atoms with Gasteiger partial charge in [0.15, 0.2) is 0 Å². The van der Waals surface area contributed by atoms with Crippen LogP contribution >= 0.6 is 23.7 Å². The maximum atomic E-state index is 12.6. The summed E-state index contributed by atoms with van der Waals surface area (Å²) in [5, 5.41) is 5.69. The van der Waals surface area contributed by atoms with Gasteiger partial charge < -0.3 is 10.6 Å². The van der Waals surface area contributed by atoms with E-state index >= 15 is 0 Å². The molecule has 2 rings (SSSR count). The number of carbonyl (C=O) groups is 1. The molecule has 1 aromatic heterocycles. The number of nitrogens with one attached hydrogen (secondary N) is 2. The van der Waals surface area contributed by atoms with E-state index in [1.165, 1.54) is 10.4 Å². The van der Waals surface area contributed by atoms with E-state index in [1.807, 2.05) is 0 Å². The number of rotatable bonds is 6. The average Bonchev–Trinajstić information content (AvgIpc) is 2.98. The van der Waals surface area contributed by atoms with Gasteiger partial charge in [0.25, 0.3) is 15.9 Å². The molecule has 9 heteroatoms. The Kier molecular flexibility index (Phi) is 7.96. The lowest BCUT2D eigenvalue weighted by Gasteiger charge is -2.28. The Labute approximate surface area is 148 Å². The minimum atomic E-state index is -3.46. The summed E-state index contributed by atoms with van der Waals surface area (Å²) < 4.78 is 26.9. The van der Waals surface area contributed by atoms with Crippen molar-refractivity contribution in [2.75, 3.05) is 33.2 Å². The Morgan fingerprint density at radius 2 is 1.96 bits per heavy atom. The quantitative estimate of drug-likeness (QED) is 0.732. The fraction of sp³-hybridized carbons (Fsp3) is 0.643. The molecule has 1 aromatic rings. The van der Waals surface area contributed by atoms with Gasteiger partial charge in [-0.25, -0.2) is 8.42 Å². The van der Waals surface area contributed by atoms with Crippen molar-refractivity contribution in [3.8, 4) is 0 Å². The van der Waals surface area contributed by atoms with Gasteiger partial charge in [-0.05, 0) is 37.9 Å². The van der Waals surface area contributed by atoms with Crippen LogP contribution in [0.25, 0.3) is 0 Å². The highest BCUT2D eigenvalue weighted by Crippen LogP contribution is 2.28. The molecule has 0 spiro atoms. The smallest absolute Gasteiger partial charge is 0.261 e. The van der Waals surface area contributed by atoms with Gasteiger partial charge in [-0.2, -0.15) is 4.31 Å². The van der Waals surface area contributed by atoms with Gasteiger partial charge in [0.05, 0.1) is 4.88 Å². The molecule has 1 fully saturated rings. The number of piperidine rings is 1. The summed E-state index contributed by atoms with van der Waals surface area (Å²) in [5.74, 6) is 0.345. The average molecular weight is 382 g/mol. The summed E-state index contributed by atoms with van der Waals surface area (Å²) in [5.41, 5.74) is 0. The van der Waals surface area contributed by atoms with Gasteiger partial charge in [0, 0.05) is 26.2 Å². The fourth-order valence-electron chi connectivity index (χ4n) is 2.32. The molecule has 2 heterocycles. The Morgan fingerprint density at radius 3 is 2.57 bits per heavy atom. The van der Waals surface area contributed by atoms with Gasteiger partial charge in [-0.1, -0.05) is 6.92 Å². The van der Waals surface area contributed by atoms with Gasteiger partial charge >= 0.3 is 0 Å². The van der Waals surface area contributed by atoms with Crippen molar-refractivity contribution in [2.45, 2.75) is 24.0 Å². The van der Waals surface area contributed by atoms with Crippen LogP contribution in [-0.4, -0.2) is 51.9 Å². The number of nitrogens with zero attached hydrogens (tertiary/aromatic N) is 1. The number of sulfonamides is 1. The summed E-state index contributed by atoms with van der Waals surface area (Å²) in [6.45, 7) is 4.45. The normalized spacial score (nSPS) is 16.8. The van der Waals surface area contributed by atoms with E-state index in [0.29, 0.717) is 37.0 Å². The van der Waals surface area contributed by atoms with E-state index in [9.17, 15) is 13.2 Å². The number of carbonyl (C=O) groups excluding carboxylic acids is 1. The molecule has 0 aliphatic carbocycles. The number of amides is 1. The van der Waals surface area contributed by atoms with E-state index in [1.54, 1.807) is 13.1 Å². The fourth-order valence-corrected chi connectivity index (χ4v) is 5.17. The van der Waals surface area contributed by atoms with Crippen molar-refractivity contribution in [1.29, 1.82) is 0 Å². The molecule has 2 N–H and O–H groups in total. The number of hydrogen-bond donors (Lipinski definition) is 2. The molecule has 0 radical (unpaired) electrons. The molecule has 1 aliphatic rings. The second-order valence-corrected chi connectivity index (χ2v) is 8.81. The second kappa shape index (κ2) is 8.98. The van der Waals surface area contributed by atoms with Gasteiger partial charge in [-0.15, -0.1) is 23.7 Å². The molecule has 23 heavy (non-hydrogen) atoms. The predicted molar refractivity (Wildman–Crippen MR) is 95.0 cm³/mol. The van der Waals surface area contributed by atoms with Crippen LogP contribution in [0.2, 0.25) is 0 Å². The lowest BCUT2D eigenvalue weighted by molar-refractivity contribution is 0.0958. The summed E-state index contributed by atoms with van der Waals surface area (Å²) in [6, 6.07) is 3.11. The molecule has 132 valence electrons. The van der Waals surface area contributed by atoms with Crippen molar-refractivity contribution in [3.05, 3.63) is 17.0 Å². The molecule has 1 saturated heterocycles. The first kappa shape index (κ1) is 20.4. The first-order valence-corrected chi connectivity index (χ1v) is 9.73. The van der Waals surface area contributed by atoms with E-state index in [4.69, 9.17) is 0 Å². The van der Waals surface area contributed by atoms with E-state index in [0.717, 1.165) is 24.2 Å². The maximum Gasteiger partial charge on any atom is 0.261 e. The molecule has 1 aliphatic heterocycles. The first-order valence-electron chi connectivity index (χ1n) is 7.48. The molecule has 1 amide bonds. The van der Waals surface area contributed by atoms with Crippen LogP contribution in [0.1, 0.15) is 29.4 Å². The standard InChI is InChI=1S/C14H23N3O3S2.ClH/c1-11-5-9-17(10-6-11)22(19,20)13-4-3-12(21-13)14(18)16-8-7-15-2;/h3-4,11,15H,5-10H2,1-2H3,(H,16,18);1H. The highest BCUT2D eigenvalue weighted by atomic mass is 35.5. The zero-order valence-corrected chi connectivity index (χ0v) is 15.8. The number of halogens is 1. The molecule has 0 bridgehead atoms. The highest BCUT2D eigenvalue weighted by molar-refractivity contribution is 7.91. The SMILES string of the molecule is CNCCNC(=O)c1ccc(S(=O)(=O)N2CCC(C)CC2)s1.Cl. The molecule has 0 aromatic carbocycles. The second-order valence-electron chi connectivity index (χ2n) is 5.56. The maximum absolute atomic E-state index is 12.6. The van der Waals surface area contributed by atoms with Crippen LogP contribution in [0, 0.1) is 5.92 Å². The van der Waals surface area contributed by atoms with Crippen LogP contribution in [0.3, 0.4) is 0 Å².